The molecule has 1 fully saturated rings. The molecule has 7 nitrogen and oxygen atoms in total. The van der Waals surface area contributed by atoms with Gasteiger partial charge in [-0.25, -0.2) is 4.79 Å². The zero-order chi connectivity index (χ0) is 22.4. The van der Waals surface area contributed by atoms with Crippen LogP contribution in [-0.4, -0.2) is 55.7 Å². The van der Waals surface area contributed by atoms with Crippen LogP contribution in [0.5, 0.6) is 5.75 Å². The van der Waals surface area contributed by atoms with Crippen molar-refractivity contribution < 1.29 is 14.3 Å². The number of piperazine rings is 1. The SMILES string of the molecule is CCOc1ccccc1N1CCN(C(=O)C(C)NC(=O)Nc2ccc(Cl)cc2Cl)CC1. The normalized spacial score (nSPS) is 14.7. The maximum atomic E-state index is 12.8. The summed E-state index contributed by atoms with van der Waals surface area (Å²) in [5.41, 5.74) is 1.45. The van der Waals surface area contributed by atoms with Gasteiger partial charge in [0.05, 0.1) is 23.0 Å². The molecule has 1 heterocycles. The summed E-state index contributed by atoms with van der Waals surface area (Å²) in [6.45, 7) is 6.74. The molecule has 0 aromatic heterocycles. The first-order valence-electron chi connectivity index (χ1n) is 10.2. The highest BCUT2D eigenvalue weighted by Gasteiger charge is 2.27. The Morgan fingerprint density at radius 2 is 1.81 bits per heavy atom. The van der Waals surface area contributed by atoms with Crippen molar-refractivity contribution in [1.82, 2.24) is 10.2 Å². The van der Waals surface area contributed by atoms with Gasteiger partial charge < -0.3 is 25.2 Å². The Balaban J connectivity index is 1.52. The van der Waals surface area contributed by atoms with Gasteiger partial charge in [-0.1, -0.05) is 35.3 Å². The maximum Gasteiger partial charge on any atom is 0.319 e. The van der Waals surface area contributed by atoms with Crippen LogP contribution in [-0.2, 0) is 4.79 Å². The van der Waals surface area contributed by atoms with E-state index >= 15 is 0 Å². The van der Waals surface area contributed by atoms with E-state index in [0.717, 1.165) is 11.4 Å². The summed E-state index contributed by atoms with van der Waals surface area (Å²) < 4.78 is 5.72. The molecule has 2 aromatic rings. The Morgan fingerprint density at radius 1 is 1.10 bits per heavy atom. The first-order valence-corrected chi connectivity index (χ1v) is 10.9. The zero-order valence-corrected chi connectivity index (χ0v) is 19.0. The Morgan fingerprint density at radius 3 is 2.48 bits per heavy atom. The summed E-state index contributed by atoms with van der Waals surface area (Å²) >= 11 is 11.9. The van der Waals surface area contributed by atoms with Crippen LogP contribution < -0.4 is 20.3 Å². The van der Waals surface area contributed by atoms with Gasteiger partial charge in [-0.15, -0.1) is 0 Å². The van der Waals surface area contributed by atoms with Gasteiger partial charge in [0, 0.05) is 31.2 Å². The lowest BCUT2D eigenvalue weighted by molar-refractivity contribution is -0.133. The van der Waals surface area contributed by atoms with Gasteiger partial charge in [-0.2, -0.15) is 0 Å². The molecular formula is C22H26Cl2N4O3. The average molecular weight is 465 g/mol. The number of benzene rings is 2. The number of amides is 3. The van der Waals surface area contributed by atoms with Gasteiger partial charge in [0.1, 0.15) is 11.8 Å². The minimum Gasteiger partial charge on any atom is -0.492 e. The van der Waals surface area contributed by atoms with Crippen molar-refractivity contribution in [3.63, 3.8) is 0 Å². The number of rotatable bonds is 6. The number of anilines is 2. The Bertz CT molecular complexity index is 933. The Kier molecular flexibility index (Phi) is 7.87. The van der Waals surface area contributed by atoms with Gasteiger partial charge >= 0.3 is 6.03 Å². The second kappa shape index (κ2) is 10.6. The van der Waals surface area contributed by atoms with E-state index in [9.17, 15) is 9.59 Å². The van der Waals surface area contributed by atoms with E-state index in [2.05, 4.69) is 15.5 Å². The van der Waals surface area contributed by atoms with Crippen LogP contribution in [0.1, 0.15) is 13.8 Å². The van der Waals surface area contributed by atoms with E-state index in [0.29, 0.717) is 48.5 Å². The van der Waals surface area contributed by atoms with E-state index in [1.165, 1.54) is 6.07 Å². The van der Waals surface area contributed by atoms with Crippen LogP contribution in [0.15, 0.2) is 42.5 Å². The molecule has 2 aromatic carbocycles. The van der Waals surface area contributed by atoms with Crippen LogP contribution in [0.4, 0.5) is 16.2 Å². The standard InChI is InChI=1S/C22H26Cl2N4O3/c1-3-31-20-7-5-4-6-19(20)27-10-12-28(13-11-27)21(29)15(2)25-22(30)26-18-9-8-16(23)14-17(18)24/h4-9,14-15H,3,10-13H2,1-2H3,(H2,25,26,30). The van der Waals surface area contributed by atoms with E-state index < -0.39 is 12.1 Å². The molecule has 0 radical (unpaired) electrons. The summed E-state index contributed by atoms with van der Waals surface area (Å²) in [6.07, 6.45) is 0. The van der Waals surface area contributed by atoms with Crippen LogP contribution in [0.3, 0.4) is 0 Å². The molecular weight excluding hydrogens is 439 g/mol. The average Bonchev–Trinajstić information content (AvgIpc) is 2.76. The Labute approximate surface area is 192 Å². The summed E-state index contributed by atoms with van der Waals surface area (Å²) in [5.74, 6) is 0.715. The maximum absolute atomic E-state index is 12.8. The van der Waals surface area contributed by atoms with Gasteiger partial charge in [0.2, 0.25) is 5.91 Å². The minimum atomic E-state index is -0.673. The molecule has 0 spiro atoms. The molecule has 166 valence electrons. The monoisotopic (exact) mass is 464 g/mol. The van der Waals surface area contributed by atoms with Crippen molar-refractivity contribution >= 4 is 46.5 Å². The molecule has 0 aliphatic carbocycles. The molecule has 2 N–H and O–H groups in total. The lowest BCUT2D eigenvalue weighted by Gasteiger charge is -2.37. The van der Waals surface area contributed by atoms with Crippen molar-refractivity contribution in [1.29, 1.82) is 0 Å². The molecule has 1 aliphatic heterocycles. The molecule has 1 unspecified atom stereocenters. The first kappa shape index (κ1) is 23.0. The molecule has 31 heavy (non-hydrogen) atoms. The summed E-state index contributed by atoms with van der Waals surface area (Å²) in [4.78, 5) is 29.1. The first-order chi connectivity index (χ1) is 14.9. The minimum absolute atomic E-state index is 0.130. The molecule has 3 rings (SSSR count). The molecule has 1 saturated heterocycles. The van der Waals surface area contributed by atoms with Gasteiger partial charge in [-0.05, 0) is 44.2 Å². The fourth-order valence-electron chi connectivity index (χ4n) is 3.45. The molecule has 1 aliphatic rings. The largest absolute Gasteiger partial charge is 0.492 e. The summed E-state index contributed by atoms with van der Waals surface area (Å²) in [6, 6.07) is 11.5. The number of para-hydroxylation sites is 2. The third kappa shape index (κ3) is 5.95. The third-order valence-electron chi connectivity index (χ3n) is 4.99. The molecule has 0 saturated carbocycles. The van der Waals surface area contributed by atoms with Crippen molar-refractivity contribution in [2.24, 2.45) is 0 Å². The summed E-state index contributed by atoms with van der Waals surface area (Å²) in [5, 5.41) is 6.11. The number of nitrogens with one attached hydrogen (secondary N) is 2. The molecule has 9 heteroatoms. The highest BCUT2D eigenvalue weighted by molar-refractivity contribution is 6.36. The van der Waals surface area contributed by atoms with E-state index in [4.69, 9.17) is 27.9 Å². The Hall–Kier alpha value is -2.64. The predicted molar refractivity (Wildman–Crippen MR) is 124 cm³/mol. The fraction of sp³-hybridized carbons (Fsp3) is 0.364. The van der Waals surface area contributed by atoms with E-state index in [1.807, 2.05) is 31.2 Å². The van der Waals surface area contributed by atoms with E-state index in [1.54, 1.807) is 24.0 Å². The van der Waals surface area contributed by atoms with Crippen molar-refractivity contribution in [3.05, 3.63) is 52.5 Å². The van der Waals surface area contributed by atoms with E-state index in [-0.39, 0.29) is 5.91 Å². The lowest BCUT2D eigenvalue weighted by atomic mass is 10.2. The summed E-state index contributed by atoms with van der Waals surface area (Å²) in [7, 11) is 0. The van der Waals surface area contributed by atoms with Crippen LogP contribution in [0.25, 0.3) is 0 Å². The number of ether oxygens (including phenoxy) is 1. The smallest absolute Gasteiger partial charge is 0.319 e. The number of carbonyl (C=O) groups excluding carboxylic acids is 2. The highest BCUT2D eigenvalue weighted by Crippen LogP contribution is 2.29. The van der Waals surface area contributed by atoms with Crippen molar-refractivity contribution in [3.8, 4) is 5.75 Å². The topological polar surface area (TPSA) is 73.9 Å². The van der Waals surface area contributed by atoms with Crippen LogP contribution in [0, 0.1) is 0 Å². The number of halogens is 2. The quantitative estimate of drug-likeness (QED) is 0.669. The van der Waals surface area contributed by atoms with Gasteiger partial charge in [0.25, 0.3) is 0 Å². The predicted octanol–water partition coefficient (Wildman–Crippen LogP) is 4.25. The van der Waals surface area contributed by atoms with Gasteiger partial charge in [-0.3, -0.25) is 4.79 Å². The number of nitrogens with zero attached hydrogens (tertiary/aromatic N) is 2. The molecule has 1 atom stereocenters. The fourth-order valence-corrected chi connectivity index (χ4v) is 3.90. The molecule has 3 amide bonds. The van der Waals surface area contributed by atoms with Crippen LogP contribution >= 0.6 is 23.2 Å². The second-order valence-electron chi connectivity index (χ2n) is 7.16. The number of hydrogen-bond donors (Lipinski definition) is 2. The number of hydrogen-bond acceptors (Lipinski definition) is 4. The van der Waals surface area contributed by atoms with Crippen molar-refractivity contribution in [2.45, 2.75) is 19.9 Å². The van der Waals surface area contributed by atoms with Gasteiger partial charge in [0.15, 0.2) is 0 Å². The zero-order valence-electron chi connectivity index (χ0n) is 17.5. The number of urea groups is 1. The second-order valence-corrected chi connectivity index (χ2v) is 8.00. The van der Waals surface area contributed by atoms with Crippen LogP contribution in [0.2, 0.25) is 10.0 Å². The lowest BCUT2D eigenvalue weighted by Crippen LogP contribution is -2.54. The number of carbonyl (C=O) groups is 2. The molecule has 0 bridgehead atoms. The third-order valence-corrected chi connectivity index (χ3v) is 5.54. The highest BCUT2D eigenvalue weighted by atomic mass is 35.5. The van der Waals surface area contributed by atoms with Crippen molar-refractivity contribution in [2.75, 3.05) is 43.0 Å².